The fourth-order valence-electron chi connectivity index (χ4n) is 3.99. The third-order valence-electron chi connectivity index (χ3n) is 5.47. The van der Waals surface area contributed by atoms with E-state index in [1.54, 1.807) is 18.2 Å². The van der Waals surface area contributed by atoms with E-state index in [0.717, 1.165) is 11.1 Å². The molecule has 32 heavy (non-hydrogen) atoms. The molecule has 0 heterocycles. The highest BCUT2D eigenvalue weighted by Crippen LogP contribution is 2.44. The highest BCUT2D eigenvalue weighted by atomic mass is 16.6. The Morgan fingerprint density at radius 3 is 2.38 bits per heavy atom. The lowest BCUT2D eigenvalue weighted by Crippen LogP contribution is -2.26. The SMILES string of the molecule is Nc1ccc([N+](=O)[O-])c(C=CCCNC(=O)OCC2c3ccccc3-c3ccccc32)c1. The lowest BCUT2D eigenvalue weighted by molar-refractivity contribution is -0.385. The van der Waals surface area contributed by atoms with Crippen LogP contribution in [-0.4, -0.2) is 24.2 Å². The number of anilines is 1. The van der Waals surface area contributed by atoms with E-state index in [4.69, 9.17) is 10.5 Å². The Hall–Kier alpha value is -4.13. The molecule has 0 saturated heterocycles. The monoisotopic (exact) mass is 429 g/mol. The first-order valence-electron chi connectivity index (χ1n) is 10.3. The van der Waals surface area contributed by atoms with E-state index in [-0.39, 0.29) is 18.2 Å². The van der Waals surface area contributed by atoms with Crippen LogP contribution < -0.4 is 11.1 Å². The third kappa shape index (κ3) is 4.46. The minimum Gasteiger partial charge on any atom is -0.449 e. The van der Waals surface area contributed by atoms with E-state index in [0.29, 0.717) is 24.2 Å². The minimum atomic E-state index is -0.491. The Balaban J connectivity index is 1.29. The molecule has 4 rings (SSSR count). The Morgan fingerprint density at radius 2 is 1.72 bits per heavy atom. The molecule has 162 valence electrons. The molecule has 0 fully saturated rings. The van der Waals surface area contributed by atoms with Gasteiger partial charge < -0.3 is 15.8 Å². The number of ether oxygens (including phenoxy) is 1. The molecule has 0 aromatic heterocycles. The number of nitro groups is 1. The lowest BCUT2D eigenvalue weighted by Gasteiger charge is -2.14. The summed E-state index contributed by atoms with van der Waals surface area (Å²) in [6.45, 7) is 0.606. The average molecular weight is 429 g/mol. The predicted molar refractivity (Wildman–Crippen MR) is 124 cm³/mol. The zero-order chi connectivity index (χ0) is 22.5. The number of hydrogen-bond donors (Lipinski definition) is 2. The van der Waals surface area contributed by atoms with E-state index in [2.05, 4.69) is 29.6 Å². The zero-order valence-electron chi connectivity index (χ0n) is 17.4. The summed E-state index contributed by atoms with van der Waals surface area (Å²) >= 11 is 0. The molecule has 7 heteroatoms. The summed E-state index contributed by atoms with van der Waals surface area (Å²) in [6, 6.07) is 20.8. The molecule has 0 saturated carbocycles. The van der Waals surface area contributed by atoms with Gasteiger partial charge in [-0.25, -0.2) is 4.79 Å². The number of benzene rings is 3. The van der Waals surface area contributed by atoms with Crippen LogP contribution in [0.1, 0.15) is 29.0 Å². The van der Waals surface area contributed by atoms with Crippen molar-refractivity contribution in [2.45, 2.75) is 12.3 Å². The van der Waals surface area contributed by atoms with Gasteiger partial charge in [0.2, 0.25) is 0 Å². The number of rotatable bonds is 7. The van der Waals surface area contributed by atoms with Crippen molar-refractivity contribution in [1.82, 2.24) is 5.32 Å². The maximum Gasteiger partial charge on any atom is 0.407 e. The fourth-order valence-corrected chi connectivity index (χ4v) is 3.99. The number of carbonyl (C=O) groups is 1. The highest BCUT2D eigenvalue weighted by molar-refractivity contribution is 5.79. The van der Waals surface area contributed by atoms with Crippen LogP contribution in [0.3, 0.4) is 0 Å². The number of nitrogen functional groups attached to an aromatic ring is 1. The Kier molecular flexibility index (Phi) is 6.17. The first-order valence-corrected chi connectivity index (χ1v) is 10.3. The van der Waals surface area contributed by atoms with E-state index in [9.17, 15) is 14.9 Å². The van der Waals surface area contributed by atoms with Crippen LogP contribution in [0.25, 0.3) is 17.2 Å². The van der Waals surface area contributed by atoms with Crippen molar-refractivity contribution in [1.29, 1.82) is 0 Å². The number of fused-ring (bicyclic) bond motifs is 3. The van der Waals surface area contributed by atoms with Gasteiger partial charge in [-0.2, -0.15) is 0 Å². The van der Waals surface area contributed by atoms with E-state index >= 15 is 0 Å². The molecule has 1 aliphatic rings. The standard InChI is InChI=1S/C25H23N3O4/c26-18-12-13-24(28(30)31)17(15-18)7-5-6-14-27-25(29)32-16-23-21-10-3-1-8-19(21)20-9-2-4-11-22(20)23/h1-5,7-13,15,23H,6,14,16,26H2,(H,27,29). The molecule has 0 unspecified atom stereocenters. The second kappa shape index (κ2) is 9.34. The van der Waals surface area contributed by atoms with Crippen molar-refractivity contribution >= 4 is 23.5 Å². The van der Waals surface area contributed by atoms with Gasteiger partial charge in [0.25, 0.3) is 5.69 Å². The maximum absolute atomic E-state index is 12.2. The van der Waals surface area contributed by atoms with E-state index in [1.807, 2.05) is 24.3 Å². The van der Waals surface area contributed by atoms with Crippen LogP contribution in [0.15, 0.2) is 72.8 Å². The summed E-state index contributed by atoms with van der Waals surface area (Å²) in [6.07, 6.45) is 3.39. The molecule has 3 N–H and O–H groups in total. The van der Waals surface area contributed by atoms with Gasteiger partial charge in [-0.1, -0.05) is 60.7 Å². The number of nitrogens with two attached hydrogens (primary N) is 1. The van der Waals surface area contributed by atoms with E-state index < -0.39 is 11.0 Å². The number of hydrogen-bond acceptors (Lipinski definition) is 5. The number of carbonyl (C=O) groups excluding carboxylic acids is 1. The number of nitro benzene ring substituents is 1. The van der Waals surface area contributed by atoms with Gasteiger partial charge in [0, 0.05) is 24.2 Å². The quantitative estimate of drug-likeness (QED) is 0.235. The fraction of sp³-hybridized carbons (Fsp3) is 0.160. The van der Waals surface area contributed by atoms with Crippen LogP contribution in [0.4, 0.5) is 16.2 Å². The predicted octanol–water partition coefficient (Wildman–Crippen LogP) is 5.12. The average Bonchev–Trinajstić information content (AvgIpc) is 3.11. The van der Waals surface area contributed by atoms with Crippen molar-refractivity contribution in [3.05, 3.63) is 99.6 Å². The molecule has 0 bridgehead atoms. The molecule has 7 nitrogen and oxygen atoms in total. The Morgan fingerprint density at radius 1 is 1.06 bits per heavy atom. The molecule has 1 amide bonds. The first kappa shape index (κ1) is 21.1. The Bertz CT molecular complexity index is 1140. The molecular weight excluding hydrogens is 406 g/mol. The lowest BCUT2D eigenvalue weighted by atomic mass is 9.98. The first-order chi connectivity index (χ1) is 15.5. The van der Waals surface area contributed by atoms with Gasteiger partial charge in [0.1, 0.15) is 6.61 Å². The maximum atomic E-state index is 12.2. The Labute approximate surface area is 185 Å². The van der Waals surface area contributed by atoms with Crippen LogP contribution >= 0.6 is 0 Å². The summed E-state index contributed by atoms with van der Waals surface area (Å²) in [7, 11) is 0. The smallest absolute Gasteiger partial charge is 0.407 e. The van der Waals surface area contributed by atoms with Gasteiger partial charge in [-0.05, 0) is 40.8 Å². The molecule has 0 atom stereocenters. The summed E-state index contributed by atoms with van der Waals surface area (Å²) in [5.74, 6) is 0.0112. The van der Waals surface area contributed by atoms with Crippen LogP contribution in [0.5, 0.6) is 0 Å². The molecule has 0 spiro atoms. The normalized spacial score (nSPS) is 12.4. The summed E-state index contributed by atoms with van der Waals surface area (Å²) in [5.41, 5.74) is 11.3. The van der Waals surface area contributed by atoms with Crippen LogP contribution in [0.2, 0.25) is 0 Å². The molecule has 3 aromatic rings. The molecule has 0 radical (unpaired) electrons. The molecule has 0 aliphatic heterocycles. The highest BCUT2D eigenvalue weighted by Gasteiger charge is 2.28. The number of nitrogens with one attached hydrogen (secondary N) is 1. The zero-order valence-corrected chi connectivity index (χ0v) is 17.4. The van der Waals surface area contributed by atoms with Crippen molar-refractivity contribution in [3.8, 4) is 11.1 Å². The van der Waals surface area contributed by atoms with E-state index in [1.165, 1.54) is 23.3 Å². The molecule has 1 aliphatic carbocycles. The van der Waals surface area contributed by atoms with Gasteiger partial charge >= 0.3 is 6.09 Å². The summed E-state index contributed by atoms with van der Waals surface area (Å²) < 4.78 is 5.49. The van der Waals surface area contributed by atoms with Gasteiger partial charge in [-0.15, -0.1) is 0 Å². The van der Waals surface area contributed by atoms with Gasteiger partial charge in [0.15, 0.2) is 0 Å². The topological polar surface area (TPSA) is 107 Å². The van der Waals surface area contributed by atoms with Crippen molar-refractivity contribution in [3.63, 3.8) is 0 Å². The second-order valence-electron chi connectivity index (χ2n) is 7.52. The van der Waals surface area contributed by atoms with Gasteiger partial charge in [0.05, 0.1) is 10.5 Å². The van der Waals surface area contributed by atoms with Gasteiger partial charge in [-0.3, -0.25) is 10.1 Å². The third-order valence-corrected chi connectivity index (χ3v) is 5.47. The minimum absolute atomic E-state index is 0.0112. The van der Waals surface area contributed by atoms with Crippen molar-refractivity contribution in [2.24, 2.45) is 0 Å². The summed E-state index contributed by atoms with van der Waals surface area (Å²) in [4.78, 5) is 22.8. The van der Waals surface area contributed by atoms with Crippen molar-refractivity contribution < 1.29 is 14.5 Å². The second-order valence-corrected chi connectivity index (χ2v) is 7.52. The number of amides is 1. The number of alkyl carbamates (subject to hydrolysis) is 1. The molecule has 3 aromatic carbocycles. The largest absolute Gasteiger partial charge is 0.449 e. The molecular formula is C25H23N3O4. The van der Waals surface area contributed by atoms with Crippen LogP contribution in [0, 0.1) is 10.1 Å². The number of nitrogens with zero attached hydrogens (tertiary/aromatic N) is 1. The summed E-state index contributed by atoms with van der Waals surface area (Å²) in [5, 5.41) is 13.8. The van der Waals surface area contributed by atoms with Crippen LogP contribution in [-0.2, 0) is 4.74 Å². The van der Waals surface area contributed by atoms with Crippen molar-refractivity contribution in [2.75, 3.05) is 18.9 Å².